The van der Waals surface area contributed by atoms with Crippen LogP contribution in [0.25, 0.3) is 0 Å². The SMILES string of the molecule is N[C@@H](CC12C=CC(O)=CC1O2)C(=O)O. The van der Waals surface area contributed by atoms with Crippen LogP contribution in [0.3, 0.4) is 0 Å². The number of carboxylic acids is 1. The van der Waals surface area contributed by atoms with Crippen molar-refractivity contribution >= 4 is 5.97 Å². The lowest BCUT2D eigenvalue weighted by molar-refractivity contribution is -0.138. The minimum atomic E-state index is -1.04. The summed E-state index contributed by atoms with van der Waals surface area (Å²) >= 11 is 0. The van der Waals surface area contributed by atoms with Gasteiger partial charge in [0.05, 0.1) is 0 Å². The first-order valence-corrected chi connectivity index (χ1v) is 4.30. The molecule has 2 rings (SSSR count). The zero-order chi connectivity index (χ0) is 10.3. The van der Waals surface area contributed by atoms with Crippen LogP contribution < -0.4 is 5.73 Å². The second-order valence-electron chi connectivity index (χ2n) is 3.57. The zero-order valence-electron chi connectivity index (χ0n) is 7.38. The number of allylic oxidation sites excluding steroid dienone is 1. The summed E-state index contributed by atoms with van der Waals surface area (Å²) in [5.41, 5.74) is 4.80. The zero-order valence-corrected chi connectivity index (χ0v) is 7.38. The Labute approximate surface area is 80.5 Å². The summed E-state index contributed by atoms with van der Waals surface area (Å²) in [4.78, 5) is 10.5. The summed E-state index contributed by atoms with van der Waals surface area (Å²) in [5, 5.41) is 17.7. The predicted octanol–water partition coefficient (Wildman–Crippen LogP) is -0.0623. The van der Waals surface area contributed by atoms with E-state index >= 15 is 0 Å². The molecule has 0 aromatic carbocycles. The third-order valence-corrected chi connectivity index (χ3v) is 2.49. The Bertz CT molecular complexity index is 336. The van der Waals surface area contributed by atoms with Crippen molar-refractivity contribution in [3.05, 3.63) is 24.0 Å². The maximum atomic E-state index is 10.5. The van der Waals surface area contributed by atoms with Gasteiger partial charge in [-0.1, -0.05) is 0 Å². The van der Waals surface area contributed by atoms with Crippen LogP contribution in [0.5, 0.6) is 0 Å². The fourth-order valence-corrected chi connectivity index (χ4v) is 1.61. The van der Waals surface area contributed by atoms with Crippen LogP contribution in [0.1, 0.15) is 6.42 Å². The summed E-state index contributed by atoms with van der Waals surface area (Å²) in [6, 6.07) is -0.932. The highest BCUT2D eigenvalue weighted by molar-refractivity contribution is 5.73. The summed E-state index contributed by atoms with van der Waals surface area (Å²) in [5.74, 6) is -0.896. The first kappa shape index (κ1) is 9.23. The number of hydrogen-bond donors (Lipinski definition) is 3. The van der Waals surface area contributed by atoms with Crippen molar-refractivity contribution in [2.24, 2.45) is 5.73 Å². The van der Waals surface area contributed by atoms with Gasteiger partial charge < -0.3 is 20.7 Å². The van der Waals surface area contributed by atoms with Crippen molar-refractivity contribution in [1.82, 2.24) is 0 Å². The smallest absolute Gasteiger partial charge is 0.320 e. The Morgan fingerprint density at radius 3 is 3.07 bits per heavy atom. The second-order valence-corrected chi connectivity index (χ2v) is 3.57. The second kappa shape index (κ2) is 2.83. The Morgan fingerprint density at radius 1 is 1.79 bits per heavy atom. The van der Waals surface area contributed by atoms with E-state index in [1.807, 2.05) is 0 Å². The van der Waals surface area contributed by atoms with Crippen molar-refractivity contribution in [3.8, 4) is 0 Å². The molecule has 4 N–H and O–H groups in total. The Morgan fingerprint density at radius 2 is 2.50 bits per heavy atom. The van der Waals surface area contributed by atoms with E-state index in [1.54, 1.807) is 12.2 Å². The van der Waals surface area contributed by atoms with E-state index in [4.69, 9.17) is 20.7 Å². The topological polar surface area (TPSA) is 96.1 Å². The van der Waals surface area contributed by atoms with Crippen molar-refractivity contribution < 1.29 is 19.7 Å². The lowest BCUT2D eigenvalue weighted by Crippen LogP contribution is -2.35. The van der Waals surface area contributed by atoms with Gasteiger partial charge in [0.2, 0.25) is 0 Å². The van der Waals surface area contributed by atoms with Gasteiger partial charge in [0.15, 0.2) is 0 Å². The first-order valence-electron chi connectivity index (χ1n) is 4.30. The average Bonchev–Trinajstić information content (AvgIpc) is 2.77. The van der Waals surface area contributed by atoms with Crippen molar-refractivity contribution in [3.63, 3.8) is 0 Å². The molecule has 0 radical (unpaired) electrons. The monoisotopic (exact) mass is 197 g/mol. The molecule has 1 fully saturated rings. The molecule has 14 heavy (non-hydrogen) atoms. The van der Waals surface area contributed by atoms with Gasteiger partial charge in [0.25, 0.3) is 0 Å². The highest BCUT2D eigenvalue weighted by atomic mass is 16.6. The number of nitrogens with two attached hydrogens (primary N) is 1. The van der Waals surface area contributed by atoms with Crippen LogP contribution in [0.15, 0.2) is 24.0 Å². The van der Waals surface area contributed by atoms with Crippen molar-refractivity contribution in [2.75, 3.05) is 0 Å². The number of carbonyl (C=O) groups is 1. The molecule has 0 aromatic rings. The van der Waals surface area contributed by atoms with Crippen LogP contribution in [-0.4, -0.2) is 33.9 Å². The molecule has 0 bridgehead atoms. The molecule has 5 nitrogen and oxygen atoms in total. The molecule has 1 aliphatic carbocycles. The Balaban J connectivity index is 2.03. The van der Waals surface area contributed by atoms with Gasteiger partial charge in [-0.05, 0) is 18.2 Å². The molecule has 2 aliphatic rings. The predicted molar refractivity (Wildman–Crippen MR) is 47.7 cm³/mol. The van der Waals surface area contributed by atoms with Gasteiger partial charge >= 0.3 is 5.97 Å². The molecule has 76 valence electrons. The van der Waals surface area contributed by atoms with Crippen LogP contribution in [0, 0.1) is 0 Å². The molecule has 1 aliphatic heterocycles. The molecular weight excluding hydrogens is 186 g/mol. The van der Waals surface area contributed by atoms with E-state index in [1.165, 1.54) is 6.08 Å². The molecule has 1 saturated heterocycles. The van der Waals surface area contributed by atoms with Crippen molar-refractivity contribution in [2.45, 2.75) is 24.2 Å². The highest BCUT2D eigenvalue weighted by Crippen LogP contribution is 2.45. The fourth-order valence-electron chi connectivity index (χ4n) is 1.61. The minimum Gasteiger partial charge on any atom is -0.508 e. The van der Waals surface area contributed by atoms with E-state index in [9.17, 15) is 4.79 Å². The third kappa shape index (κ3) is 1.40. The maximum absolute atomic E-state index is 10.5. The number of aliphatic hydroxyl groups excluding tert-OH is 1. The molecule has 3 atom stereocenters. The van der Waals surface area contributed by atoms with Gasteiger partial charge in [-0.15, -0.1) is 0 Å². The number of epoxide rings is 1. The third-order valence-electron chi connectivity index (χ3n) is 2.49. The molecule has 1 heterocycles. The molecule has 0 spiro atoms. The van der Waals surface area contributed by atoms with Gasteiger partial charge in [0, 0.05) is 6.42 Å². The molecule has 0 saturated carbocycles. The molecule has 5 heteroatoms. The summed E-state index contributed by atoms with van der Waals surface area (Å²) in [6.07, 6.45) is 4.72. The highest BCUT2D eigenvalue weighted by Gasteiger charge is 2.55. The number of rotatable bonds is 3. The summed E-state index contributed by atoms with van der Waals surface area (Å²) < 4.78 is 5.29. The van der Waals surface area contributed by atoms with Crippen molar-refractivity contribution in [1.29, 1.82) is 0 Å². The summed E-state index contributed by atoms with van der Waals surface area (Å²) in [7, 11) is 0. The number of hydrogen-bond acceptors (Lipinski definition) is 4. The normalized spacial score (nSPS) is 35.8. The largest absolute Gasteiger partial charge is 0.508 e. The fraction of sp³-hybridized carbons (Fsp3) is 0.444. The standard InChI is InChI=1S/C9H11NO4/c10-6(8(12)13)4-9-2-1-5(11)3-7(9)14-9/h1-3,6-7,11H,4,10H2,(H,12,13)/t6-,7?,9?/m0/s1. The maximum Gasteiger partial charge on any atom is 0.320 e. The van der Waals surface area contributed by atoms with Gasteiger partial charge in [-0.25, -0.2) is 0 Å². The van der Waals surface area contributed by atoms with Crippen LogP contribution in [-0.2, 0) is 9.53 Å². The number of carboxylic acid groups (broad SMARTS) is 1. The van der Waals surface area contributed by atoms with E-state index in [0.29, 0.717) is 0 Å². The molecule has 0 aromatic heterocycles. The minimum absolute atomic E-state index is 0.145. The van der Waals surface area contributed by atoms with Crippen LogP contribution in [0.2, 0.25) is 0 Å². The number of ether oxygens (including phenoxy) is 1. The van der Waals surface area contributed by atoms with E-state index in [-0.39, 0.29) is 18.3 Å². The van der Waals surface area contributed by atoms with Gasteiger partial charge in [-0.2, -0.15) is 0 Å². The van der Waals surface area contributed by atoms with Crippen LogP contribution in [0.4, 0.5) is 0 Å². The Hall–Kier alpha value is -1.33. The molecule has 0 amide bonds. The first-order chi connectivity index (χ1) is 6.53. The number of aliphatic hydroxyl groups is 1. The summed E-state index contributed by atoms with van der Waals surface area (Å²) in [6.45, 7) is 0. The Kier molecular flexibility index (Phi) is 1.87. The number of aliphatic carboxylic acids is 1. The van der Waals surface area contributed by atoms with E-state index in [0.717, 1.165) is 0 Å². The molecule has 2 unspecified atom stereocenters. The lowest BCUT2D eigenvalue weighted by atomic mass is 9.93. The van der Waals surface area contributed by atoms with E-state index in [2.05, 4.69) is 0 Å². The number of fused-ring (bicyclic) bond motifs is 1. The quantitative estimate of drug-likeness (QED) is 0.551. The average molecular weight is 197 g/mol. The van der Waals surface area contributed by atoms with Gasteiger partial charge in [-0.3, -0.25) is 4.79 Å². The lowest BCUT2D eigenvalue weighted by Gasteiger charge is -2.12. The van der Waals surface area contributed by atoms with E-state index < -0.39 is 17.6 Å². The van der Waals surface area contributed by atoms with Crippen LogP contribution >= 0.6 is 0 Å². The van der Waals surface area contributed by atoms with Gasteiger partial charge in [0.1, 0.15) is 23.5 Å². The molecular formula is C9H11NO4.